The van der Waals surface area contributed by atoms with E-state index in [-0.39, 0.29) is 17.7 Å². The van der Waals surface area contributed by atoms with Gasteiger partial charge < -0.3 is 24.8 Å². The van der Waals surface area contributed by atoms with E-state index < -0.39 is 23.3 Å². The largest absolute Gasteiger partial charge is 0.507 e. The number of aliphatic carboxylic acids is 1. The van der Waals surface area contributed by atoms with Gasteiger partial charge in [0.1, 0.15) is 17.9 Å². The van der Waals surface area contributed by atoms with Gasteiger partial charge in [-0.05, 0) is 35.4 Å². The molecule has 0 saturated carbocycles. The van der Waals surface area contributed by atoms with Gasteiger partial charge in [0.05, 0.1) is 12.7 Å². The van der Waals surface area contributed by atoms with Crippen molar-refractivity contribution < 1.29 is 34.4 Å². The lowest BCUT2D eigenvalue weighted by molar-refractivity contribution is -0.130. The first-order valence-corrected chi connectivity index (χ1v) is 9.26. The van der Waals surface area contributed by atoms with Gasteiger partial charge >= 0.3 is 11.9 Å². The number of benzene rings is 3. The van der Waals surface area contributed by atoms with Crippen molar-refractivity contribution in [3.63, 3.8) is 0 Å². The van der Waals surface area contributed by atoms with Crippen molar-refractivity contribution in [2.45, 2.75) is 6.61 Å². The van der Waals surface area contributed by atoms with Gasteiger partial charge in [-0.25, -0.2) is 9.59 Å². The standard InChI is InChI=1S/C24H20O7/c1-30-20-11-10-16(13-21(20)31-14-15-6-3-2-4-7-15)12-18(23(26)27)17-8-5-9-19(25)22(17)24(28)29/h2-13,25H,14H2,1H3,(H,26,27)(H,28,29)/b18-12-. The number of aromatic carboxylic acids is 1. The van der Waals surface area contributed by atoms with Gasteiger partial charge in [0, 0.05) is 5.56 Å². The van der Waals surface area contributed by atoms with E-state index in [2.05, 4.69) is 0 Å². The van der Waals surface area contributed by atoms with Gasteiger partial charge in [-0.2, -0.15) is 0 Å². The number of carboxylic acid groups (broad SMARTS) is 2. The molecule has 3 rings (SSSR count). The van der Waals surface area contributed by atoms with Crippen molar-refractivity contribution in [1.29, 1.82) is 0 Å². The molecule has 0 aromatic heterocycles. The smallest absolute Gasteiger partial charge is 0.340 e. The van der Waals surface area contributed by atoms with Gasteiger partial charge in [0.2, 0.25) is 0 Å². The Balaban J connectivity index is 2.01. The summed E-state index contributed by atoms with van der Waals surface area (Å²) < 4.78 is 11.2. The molecular formula is C24H20O7. The summed E-state index contributed by atoms with van der Waals surface area (Å²) in [6, 6.07) is 18.3. The quantitative estimate of drug-likeness (QED) is 0.368. The number of carboxylic acids is 2. The Bertz CT molecular complexity index is 1130. The van der Waals surface area contributed by atoms with Crippen LogP contribution in [-0.2, 0) is 11.4 Å². The van der Waals surface area contributed by atoms with Crippen molar-refractivity contribution >= 4 is 23.6 Å². The number of aromatic hydroxyl groups is 1. The predicted molar refractivity (Wildman–Crippen MR) is 114 cm³/mol. The highest BCUT2D eigenvalue weighted by molar-refractivity contribution is 6.23. The molecular weight excluding hydrogens is 400 g/mol. The topological polar surface area (TPSA) is 113 Å². The minimum atomic E-state index is -1.43. The Morgan fingerprint density at radius 2 is 1.68 bits per heavy atom. The van der Waals surface area contributed by atoms with Crippen LogP contribution >= 0.6 is 0 Å². The molecule has 0 unspecified atom stereocenters. The van der Waals surface area contributed by atoms with Crippen molar-refractivity contribution in [2.75, 3.05) is 7.11 Å². The van der Waals surface area contributed by atoms with Crippen LogP contribution in [0.4, 0.5) is 0 Å². The summed E-state index contributed by atoms with van der Waals surface area (Å²) in [5.74, 6) is -2.41. The number of carbonyl (C=O) groups is 2. The van der Waals surface area contributed by atoms with E-state index >= 15 is 0 Å². The molecule has 0 bridgehead atoms. The summed E-state index contributed by atoms with van der Waals surface area (Å²) in [7, 11) is 1.49. The maximum Gasteiger partial charge on any atom is 0.340 e. The van der Waals surface area contributed by atoms with Crippen LogP contribution in [0.15, 0.2) is 66.7 Å². The number of hydrogen-bond acceptors (Lipinski definition) is 5. The lowest BCUT2D eigenvalue weighted by atomic mass is 9.96. The minimum Gasteiger partial charge on any atom is -0.507 e. The Hall–Kier alpha value is -4.26. The van der Waals surface area contributed by atoms with Gasteiger partial charge in [0.25, 0.3) is 0 Å². The second kappa shape index (κ2) is 9.49. The summed E-state index contributed by atoms with van der Waals surface area (Å²) in [5.41, 5.74) is 0.531. The van der Waals surface area contributed by atoms with Crippen molar-refractivity contribution in [3.8, 4) is 17.2 Å². The van der Waals surface area contributed by atoms with Crippen LogP contribution in [0, 0.1) is 0 Å². The zero-order chi connectivity index (χ0) is 22.4. The average Bonchev–Trinajstić information content (AvgIpc) is 2.76. The van der Waals surface area contributed by atoms with Crippen LogP contribution in [0.25, 0.3) is 11.6 Å². The molecule has 0 aliphatic heterocycles. The van der Waals surface area contributed by atoms with Crippen molar-refractivity contribution in [3.05, 3.63) is 89.0 Å². The summed E-state index contributed by atoms with van der Waals surface area (Å²) in [4.78, 5) is 23.5. The number of rotatable bonds is 8. The summed E-state index contributed by atoms with van der Waals surface area (Å²) in [5, 5.41) is 29.0. The maximum atomic E-state index is 11.9. The lowest BCUT2D eigenvalue weighted by Gasteiger charge is -2.13. The second-order valence-corrected chi connectivity index (χ2v) is 6.55. The number of hydrogen-bond donors (Lipinski definition) is 3. The zero-order valence-corrected chi connectivity index (χ0v) is 16.6. The molecule has 0 heterocycles. The highest BCUT2D eigenvalue weighted by atomic mass is 16.5. The van der Waals surface area contributed by atoms with Crippen LogP contribution in [0.2, 0.25) is 0 Å². The van der Waals surface area contributed by atoms with E-state index in [0.717, 1.165) is 5.56 Å². The number of phenols is 1. The monoisotopic (exact) mass is 420 g/mol. The van der Waals surface area contributed by atoms with Gasteiger partial charge in [-0.15, -0.1) is 0 Å². The Kier molecular flexibility index (Phi) is 6.57. The first-order valence-electron chi connectivity index (χ1n) is 9.26. The third-order valence-corrected chi connectivity index (χ3v) is 4.51. The van der Waals surface area contributed by atoms with Crippen molar-refractivity contribution in [2.24, 2.45) is 0 Å². The highest BCUT2D eigenvalue weighted by Gasteiger charge is 2.22. The molecule has 3 N–H and O–H groups in total. The molecule has 31 heavy (non-hydrogen) atoms. The van der Waals surface area contributed by atoms with Gasteiger partial charge in [-0.1, -0.05) is 48.5 Å². The van der Waals surface area contributed by atoms with Crippen LogP contribution in [-0.4, -0.2) is 34.4 Å². The lowest BCUT2D eigenvalue weighted by Crippen LogP contribution is -2.07. The molecule has 3 aromatic rings. The fraction of sp³-hybridized carbons (Fsp3) is 0.0833. The molecule has 7 nitrogen and oxygen atoms in total. The zero-order valence-electron chi connectivity index (χ0n) is 16.6. The Morgan fingerprint density at radius 3 is 2.32 bits per heavy atom. The minimum absolute atomic E-state index is 0.109. The third kappa shape index (κ3) is 5.02. The summed E-state index contributed by atoms with van der Waals surface area (Å²) >= 11 is 0. The van der Waals surface area contributed by atoms with Gasteiger partial charge in [-0.3, -0.25) is 0 Å². The van der Waals surface area contributed by atoms with Crippen LogP contribution in [0.1, 0.15) is 27.0 Å². The van der Waals surface area contributed by atoms with E-state index in [9.17, 15) is 24.9 Å². The first kappa shape index (κ1) is 21.4. The molecule has 158 valence electrons. The van der Waals surface area contributed by atoms with Crippen LogP contribution in [0.3, 0.4) is 0 Å². The molecule has 0 amide bonds. The van der Waals surface area contributed by atoms with E-state index in [4.69, 9.17) is 9.47 Å². The van der Waals surface area contributed by atoms with Crippen LogP contribution < -0.4 is 9.47 Å². The molecule has 0 aliphatic carbocycles. The normalized spacial score (nSPS) is 11.1. The SMILES string of the molecule is COc1ccc(/C=C(\C(=O)O)c2cccc(O)c2C(=O)O)cc1OCc1ccccc1. The van der Waals surface area contributed by atoms with E-state index in [0.29, 0.717) is 17.1 Å². The molecule has 0 spiro atoms. The van der Waals surface area contributed by atoms with E-state index in [1.807, 2.05) is 30.3 Å². The molecule has 0 saturated heterocycles. The van der Waals surface area contributed by atoms with Crippen molar-refractivity contribution in [1.82, 2.24) is 0 Å². The number of ether oxygens (including phenoxy) is 2. The molecule has 0 fully saturated rings. The molecule has 0 atom stereocenters. The Labute approximate surface area is 178 Å². The van der Waals surface area contributed by atoms with Gasteiger partial charge in [0.15, 0.2) is 11.5 Å². The third-order valence-electron chi connectivity index (χ3n) is 4.51. The number of methoxy groups -OCH3 is 1. The molecule has 7 heteroatoms. The molecule has 0 aliphatic rings. The summed E-state index contributed by atoms with van der Waals surface area (Å²) in [6.45, 7) is 0.284. The Morgan fingerprint density at radius 1 is 0.935 bits per heavy atom. The highest BCUT2D eigenvalue weighted by Crippen LogP contribution is 2.32. The van der Waals surface area contributed by atoms with Crippen LogP contribution in [0.5, 0.6) is 17.2 Å². The van der Waals surface area contributed by atoms with E-state index in [1.165, 1.54) is 31.4 Å². The molecule has 0 radical (unpaired) electrons. The van der Waals surface area contributed by atoms with E-state index in [1.54, 1.807) is 18.2 Å². The average molecular weight is 420 g/mol. The fourth-order valence-corrected chi connectivity index (χ4v) is 3.04. The fourth-order valence-electron chi connectivity index (χ4n) is 3.04. The molecule has 3 aromatic carbocycles. The second-order valence-electron chi connectivity index (χ2n) is 6.55. The summed E-state index contributed by atoms with van der Waals surface area (Å²) in [6.07, 6.45) is 1.32. The maximum absolute atomic E-state index is 11.9. The first-order chi connectivity index (χ1) is 14.9. The predicted octanol–water partition coefficient (Wildman–Crippen LogP) is 4.30.